The number of Topliss-reactive ketones (excluding diaryl/α,β-unsaturated/α-hetero) is 1. The SMILES string of the molecule is Cc1ccc(F)cc1C(=O)CC(C)c1ccc(N)cc1. The molecule has 20 heavy (non-hydrogen) atoms. The van der Waals surface area contributed by atoms with Crippen molar-refractivity contribution in [2.45, 2.75) is 26.2 Å². The van der Waals surface area contributed by atoms with Gasteiger partial charge in [-0.05, 0) is 48.2 Å². The van der Waals surface area contributed by atoms with Gasteiger partial charge in [0.25, 0.3) is 0 Å². The van der Waals surface area contributed by atoms with Crippen molar-refractivity contribution in [1.82, 2.24) is 0 Å². The van der Waals surface area contributed by atoms with Crippen LogP contribution in [0.5, 0.6) is 0 Å². The molecule has 0 radical (unpaired) electrons. The molecule has 2 N–H and O–H groups in total. The molecule has 0 heterocycles. The van der Waals surface area contributed by atoms with Gasteiger partial charge in [0, 0.05) is 17.7 Å². The maximum absolute atomic E-state index is 13.2. The first-order valence-electron chi connectivity index (χ1n) is 6.62. The van der Waals surface area contributed by atoms with E-state index in [9.17, 15) is 9.18 Å². The third-order valence-electron chi connectivity index (χ3n) is 3.50. The van der Waals surface area contributed by atoms with Crippen LogP contribution in [0.25, 0.3) is 0 Å². The third-order valence-corrected chi connectivity index (χ3v) is 3.50. The molecule has 2 aromatic rings. The Morgan fingerprint density at radius 2 is 1.85 bits per heavy atom. The minimum Gasteiger partial charge on any atom is -0.399 e. The van der Waals surface area contributed by atoms with Gasteiger partial charge in [-0.25, -0.2) is 4.39 Å². The number of anilines is 1. The maximum Gasteiger partial charge on any atom is 0.163 e. The monoisotopic (exact) mass is 271 g/mol. The molecule has 0 saturated carbocycles. The molecular weight excluding hydrogens is 253 g/mol. The van der Waals surface area contributed by atoms with Gasteiger partial charge in [0.1, 0.15) is 5.82 Å². The van der Waals surface area contributed by atoms with Crippen LogP contribution in [0.3, 0.4) is 0 Å². The molecule has 0 aliphatic carbocycles. The molecule has 0 amide bonds. The first-order chi connectivity index (χ1) is 9.47. The molecule has 0 aliphatic heterocycles. The number of hydrogen-bond donors (Lipinski definition) is 1. The summed E-state index contributed by atoms with van der Waals surface area (Å²) in [5.41, 5.74) is 8.68. The molecule has 1 atom stereocenters. The van der Waals surface area contributed by atoms with E-state index in [1.807, 2.05) is 38.1 Å². The minimum absolute atomic E-state index is 0.0358. The van der Waals surface area contributed by atoms with E-state index in [2.05, 4.69) is 0 Å². The summed E-state index contributed by atoms with van der Waals surface area (Å²) >= 11 is 0. The second kappa shape index (κ2) is 5.87. The summed E-state index contributed by atoms with van der Waals surface area (Å²) in [5.74, 6) is -0.337. The zero-order chi connectivity index (χ0) is 14.7. The summed E-state index contributed by atoms with van der Waals surface area (Å²) in [6.45, 7) is 3.80. The van der Waals surface area contributed by atoms with Crippen LogP contribution in [0.1, 0.15) is 40.7 Å². The van der Waals surface area contributed by atoms with Crippen molar-refractivity contribution in [2.75, 3.05) is 5.73 Å². The van der Waals surface area contributed by atoms with Gasteiger partial charge in [0.2, 0.25) is 0 Å². The van der Waals surface area contributed by atoms with Gasteiger partial charge in [-0.15, -0.1) is 0 Å². The van der Waals surface area contributed by atoms with Crippen molar-refractivity contribution in [3.8, 4) is 0 Å². The average Bonchev–Trinajstić information content (AvgIpc) is 2.42. The Bertz CT molecular complexity index is 619. The maximum atomic E-state index is 13.2. The number of halogens is 1. The molecule has 1 unspecified atom stereocenters. The van der Waals surface area contributed by atoms with Crippen LogP contribution in [-0.4, -0.2) is 5.78 Å². The van der Waals surface area contributed by atoms with Crippen LogP contribution in [0.2, 0.25) is 0 Å². The van der Waals surface area contributed by atoms with E-state index >= 15 is 0 Å². The molecule has 0 spiro atoms. The van der Waals surface area contributed by atoms with Gasteiger partial charge < -0.3 is 5.73 Å². The molecule has 3 heteroatoms. The van der Waals surface area contributed by atoms with Crippen molar-refractivity contribution >= 4 is 11.5 Å². The number of nitrogen functional groups attached to an aromatic ring is 1. The zero-order valence-electron chi connectivity index (χ0n) is 11.7. The first kappa shape index (κ1) is 14.3. The highest BCUT2D eigenvalue weighted by Gasteiger charge is 2.15. The summed E-state index contributed by atoms with van der Waals surface area (Å²) in [6, 6.07) is 11.8. The number of carbonyl (C=O) groups is 1. The van der Waals surface area contributed by atoms with Gasteiger partial charge in [0.15, 0.2) is 5.78 Å². The quantitative estimate of drug-likeness (QED) is 0.672. The van der Waals surface area contributed by atoms with E-state index in [4.69, 9.17) is 5.73 Å². The van der Waals surface area contributed by atoms with Crippen LogP contribution in [0, 0.1) is 12.7 Å². The topological polar surface area (TPSA) is 43.1 Å². The number of rotatable bonds is 4. The van der Waals surface area contributed by atoms with Crippen molar-refractivity contribution in [3.05, 3.63) is 65.0 Å². The lowest BCUT2D eigenvalue weighted by molar-refractivity contribution is 0.0974. The van der Waals surface area contributed by atoms with Gasteiger partial charge in [-0.3, -0.25) is 4.79 Å². The Hall–Kier alpha value is -2.16. The fourth-order valence-electron chi connectivity index (χ4n) is 2.23. The highest BCUT2D eigenvalue weighted by Crippen LogP contribution is 2.23. The fourth-order valence-corrected chi connectivity index (χ4v) is 2.23. The fraction of sp³-hybridized carbons (Fsp3) is 0.235. The lowest BCUT2D eigenvalue weighted by Crippen LogP contribution is -2.07. The molecule has 0 aromatic heterocycles. The Kier molecular flexibility index (Phi) is 4.18. The van der Waals surface area contributed by atoms with Gasteiger partial charge in [-0.2, -0.15) is 0 Å². The number of benzene rings is 2. The third kappa shape index (κ3) is 3.23. The lowest BCUT2D eigenvalue weighted by atomic mass is 9.92. The second-order valence-electron chi connectivity index (χ2n) is 5.15. The molecule has 2 aromatic carbocycles. The minimum atomic E-state index is -0.376. The molecule has 0 saturated heterocycles. The Balaban J connectivity index is 2.15. The van der Waals surface area contributed by atoms with Crippen LogP contribution in [0.15, 0.2) is 42.5 Å². The second-order valence-corrected chi connectivity index (χ2v) is 5.15. The van der Waals surface area contributed by atoms with E-state index in [1.165, 1.54) is 12.1 Å². The van der Waals surface area contributed by atoms with Crippen LogP contribution in [0.4, 0.5) is 10.1 Å². The van der Waals surface area contributed by atoms with Gasteiger partial charge in [0.05, 0.1) is 0 Å². The number of nitrogens with two attached hydrogens (primary N) is 1. The predicted octanol–water partition coefficient (Wildman–Crippen LogP) is 4.09. The van der Waals surface area contributed by atoms with E-state index in [1.54, 1.807) is 6.07 Å². The summed E-state index contributed by atoms with van der Waals surface area (Å²) < 4.78 is 13.2. The zero-order valence-corrected chi connectivity index (χ0v) is 11.7. The van der Waals surface area contributed by atoms with Crippen LogP contribution < -0.4 is 5.73 Å². The number of carbonyl (C=O) groups excluding carboxylic acids is 1. The number of aryl methyl sites for hydroxylation is 1. The molecule has 0 fully saturated rings. The molecule has 2 nitrogen and oxygen atoms in total. The van der Waals surface area contributed by atoms with Gasteiger partial charge >= 0.3 is 0 Å². The molecular formula is C17H18FNO. The number of ketones is 1. The normalized spacial score (nSPS) is 12.2. The van der Waals surface area contributed by atoms with Crippen molar-refractivity contribution in [1.29, 1.82) is 0 Å². The van der Waals surface area contributed by atoms with Crippen LogP contribution >= 0.6 is 0 Å². The van der Waals surface area contributed by atoms with Crippen molar-refractivity contribution in [2.24, 2.45) is 0 Å². The highest BCUT2D eigenvalue weighted by molar-refractivity contribution is 5.97. The van der Waals surface area contributed by atoms with Crippen LogP contribution in [-0.2, 0) is 0 Å². The molecule has 2 rings (SSSR count). The Morgan fingerprint density at radius 1 is 1.20 bits per heavy atom. The lowest BCUT2D eigenvalue weighted by Gasteiger charge is -2.12. The standard InChI is InChI=1S/C17H18FNO/c1-11-3-6-14(18)10-16(11)17(20)9-12(2)13-4-7-15(19)8-5-13/h3-8,10,12H,9,19H2,1-2H3. The van der Waals surface area contributed by atoms with Crippen molar-refractivity contribution in [3.63, 3.8) is 0 Å². The largest absolute Gasteiger partial charge is 0.399 e. The van der Waals surface area contributed by atoms with E-state index in [-0.39, 0.29) is 17.5 Å². The van der Waals surface area contributed by atoms with Gasteiger partial charge in [-0.1, -0.05) is 25.1 Å². The summed E-state index contributed by atoms with van der Waals surface area (Å²) in [6.07, 6.45) is 0.355. The Morgan fingerprint density at radius 3 is 2.50 bits per heavy atom. The first-order valence-corrected chi connectivity index (χ1v) is 6.62. The molecule has 0 bridgehead atoms. The molecule has 0 aliphatic rings. The average molecular weight is 271 g/mol. The predicted molar refractivity (Wildman–Crippen MR) is 79.4 cm³/mol. The highest BCUT2D eigenvalue weighted by atomic mass is 19.1. The van der Waals surface area contributed by atoms with E-state index in [0.29, 0.717) is 17.7 Å². The smallest absolute Gasteiger partial charge is 0.163 e. The summed E-state index contributed by atoms with van der Waals surface area (Å²) in [5, 5.41) is 0. The number of hydrogen-bond acceptors (Lipinski definition) is 2. The molecule has 104 valence electrons. The Labute approximate surface area is 118 Å². The summed E-state index contributed by atoms with van der Waals surface area (Å²) in [7, 11) is 0. The van der Waals surface area contributed by atoms with E-state index < -0.39 is 0 Å². The van der Waals surface area contributed by atoms with E-state index in [0.717, 1.165) is 11.1 Å². The summed E-state index contributed by atoms with van der Waals surface area (Å²) in [4.78, 5) is 12.3. The van der Waals surface area contributed by atoms with Crippen molar-refractivity contribution < 1.29 is 9.18 Å².